The van der Waals surface area contributed by atoms with Crippen LogP contribution in [0.15, 0.2) is 34.4 Å². The first kappa shape index (κ1) is 22.3. The highest BCUT2D eigenvalue weighted by molar-refractivity contribution is 7.80. The summed E-state index contributed by atoms with van der Waals surface area (Å²) in [6, 6.07) is 2.77. The van der Waals surface area contributed by atoms with Gasteiger partial charge in [-0.15, -0.1) is 12.6 Å². The molecular formula is C18H22N8O4S. The number of nitrogen functional groups attached to an aromatic ring is 1. The van der Waals surface area contributed by atoms with Crippen LogP contribution < -0.4 is 21.6 Å². The van der Waals surface area contributed by atoms with Crippen LogP contribution in [0.5, 0.6) is 5.75 Å². The van der Waals surface area contributed by atoms with E-state index in [-0.39, 0.29) is 44.7 Å². The number of anilines is 2. The molecule has 12 nitrogen and oxygen atoms in total. The van der Waals surface area contributed by atoms with Gasteiger partial charge >= 0.3 is 0 Å². The van der Waals surface area contributed by atoms with E-state index in [0.29, 0.717) is 31.6 Å². The fourth-order valence-electron chi connectivity index (χ4n) is 3.32. The van der Waals surface area contributed by atoms with Gasteiger partial charge in [0.05, 0.1) is 34.9 Å². The number of ether oxygens (including phenoxy) is 1. The standard InChI is InChI=1S/C18H22N8O4S/c1-30-10-8-11-14(12(9-10)26(28)29)16(23-20)17(15(19)18(11)31)22-3-2-13(27)24-4-6-25(21)7-5-24/h2-3,8-9,20,22,31H,4-7,19,21H2,1H3/b3-2+,23-20?. The van der Waals surface area contributed by atoms with Crippen LogP contribution in [0.3, 0.4) is 0 Å². The second kappa shape index (κ2) is 9.16. The molecule has 6 N–H and O–H groups in total. The maximum atomic E-state index is 12.4. The number of piperazine rings is 1. The Morgan fingerprint density at radius 2 is 2.06 bits per heavy atom. The molecule has 3 rings (SSSR count). The molecule has 0 saturated carbocycles. The van der Waals surface area contributed by atoms with Crippen molar-refractivity contribution in [1.82, 2.24) is 9.91 Å². The number of non-ortho nitro benzene ring substituents is 1. The largest absolute Gasteiger partial charge is 0.496 e. The molecule has 164 valence electrons. The lowest BCUT2D eigenvalue weighted by molar-refractivity contribution is -0.383. The van der Waals surface area contributed by atoms with Crippen molar-refractivity contribution in [2.24, 2.45) is 11.0 Å². The van der Waals surface area contributed by atoms with Gasteiger partial charge in [0.1, 0.15) is 11.4 Å². The van der Waals surface area contributed by atoms with E-state index < -0.39 is 4.92 Å². The quantitative estimate of drug-likeness (QED) is 0.0853. The van der Waals surface area contributed by atoms with Crippen LogP contribution in [0, 0.1) is 15.6 Å². The molecular weight excluding hydrogens is 424 g/mol. The monoisotopic (exact) mass is 446 g/mol. The maximum absolute atomic E-state index is 12.4. The van der Waals surface area contributed by atoms with Crippen LogP contribution in [-0.2, 0) is 4.79 Å². The molecule has 0 aliphatic carbocycles. The van der Waals surface area contributed by atoms with Gasteiger partial charge in [0, 0.05) is 48.7 Å². The van der Waals surface area contributed by atoms with Crippen LogP contribution in [0.25, 0.3) is 10.8 Å². The fourth-order valence-corrected chi connectivity index (χ4v) is 3.60. The van der Waals surface area contributed by atoms with Crippen LogP contribution in [0.2, 0.25) is 0 Å². The normalized spacial score (nSPS) is 14.7. The number of fused-ring (bicyclic) bond motifs is 1. The van der Waals surface area contributed by atoms with E-state index >= 15 is 0 Å². The molecule has 1 fully saturated rings. The van der Waals surface area contributed by atoms with Crippen LogP contribution in [0.1, 0.15) is 0 Å². The average molecular weight is 446 g/mol. The molecule has 31 heavy (non-hydrogen) atoms. The average Bonchev–Trinajstić information content (AvgIpc) is 2.76. The lowest BCUT2D eigenvalue weighted by Gasteiger charge is -2.31. The summed E-state index contributed by atoms with van der Waals surface area (Å²) in [6.45, 7) is 2.14. The summed E-state index contributed by atoms with van der Waals surface area (Å²) < 4.78 is 5.13. The van der Waals surface area contributed by atoms with E-state index in [1.807, 2.05) is 0 Å². The molecule has 0 bridgehead atoms. The molecule has 1 aliphatic rings. The zero-order valence-corrected chi connectivity index (χ0v) is 17.6. The number of nitro benzene ring substituents is 1. The van der Waals surface area contributed by atoms with Gasteiger partial charge in [-0.2, -0.15) is 5.11 Å². The van der Waals surface area contributed by atoms with Gasteiger partial charge in [0.15, 0.2) is 0 Å². The number of nitro groups is 1. The molecule has 2 aromatic rings. The van der Waals surface area contributed by atoms with E-state index in [1.54, 1.807) is 9.91 Å². The molecule has 1 amide bonds. The molecule has 1 aliphatic heterocycles. The van der Waals surface area contributed by atoms with Crippen LogP contribution >= 0.6 is 12.6 Å². The maximum Gasteiger partial charge on any atom is 0.283 e. The minimum atomic E-state index is -0.594. The Hall–Kier alpha value is -3.42. The summed E-state index contributed by atoms with van der Waals surface area (Å²) in [6.07, 6.45) is 2.66. The summed E-state index contributed by atoms with van der Waals surface area (Å²) in [7, 11) is 1.38. The highest BCUT2D eigenvalue weighted by Crippen LogP contribution is 2.48. The summed E-state index contributed by atoms with van der Waals surface area (Å²) in [5.41, 5.74) is 13.7. The van der Waals surface area contributed by atoms with Crippen molar-refractivity contribution in [2.45, 2.75) is 4.90 Å². The van der Waals surface area contributed by atoms with Gasteiger partial charge in [-0.3, -0.25) is 20.8 Å². The first-order valence-corrected chi connectivity index (χ1v) is 9.62. The van der Waals surface area contributed by atoms with E-state index in [0.717, 1.165) is 0 Å². The third-order valence-corrected chi connectivity index (χ3v) is 5.45. The molecule has 1 heterocycles. The van der Waals surface area contributed by atoms with Crippen molar-refractivity contribution in [3.63, 3.8) is 0 Å². The number of methoxy groups -OCH3 is 1. The molecule has 0 aromatic heterocycles. The molecule has 0 unspecified atom stereocenters. The van der Waals surface area contributed by atoms with Gasteiger partial charge in [0.25, 0.3) is 5.69 Å². The molecule has 13 heteroatoms. The number of nitrogens with zero attached hydrogens (tertiary/aromatic N) is 4. The zero-order chi connectivity index (χ0) is 22.7. The Morgan fingerprint density at radius 3 is 2.65 bits per heavy atom. The zero-order valence-electron chi connectivity index (χ0n) is 16.7. The summed E-state index contributed by atoms with van der Waals surface area (Å²) in [5, 5.41) is 20.0. The lowest BCUT2D eigenvalue weighted by Crippen LogP contribution is -2.50. The minimum absolute atomic E-state index is 0.0477. The highest BCUT2D eigenvalue weighted by atomic mass is 32.1. The Balaban J connectivity index is 2.01. The Kier molecular flexibility index (Phi) is 6.58. The second-order valence-corrected chi connectivity index (χ2v) is 7.21. The number of amides is 1. The lowest BCUT2D eigenvalue weighted by atomic mass is 10.0. The van der Waals surface area contributed by atoms with E-state index in [2.05, 4.69) is 23.1 Å². The fraction of sp³-hybridized carbons (Fsp3) is 0.278. The minimum Gasteiger partial charge on any atom is -0.496 e. The Labute approximate surface area is 182 Å². The van der Waals surface area contributed by atoms with E-state index in [9.17, 15) is 14.9 Å². The van der Waals surface area contributed by atoms with Gasteiger partial charge < -0.3 is 20.7 Å². The van der Waals surface area contributed by atoms with Crippen LogP contribution in [0.4, 0.5) is 22.7 Å². The number of hydrogen-bond acceptors (Lipinski definition) is 11. The topological polar surface area (TPSA) is 176 Å². The molecule has 2 aromatic carbocycles. The van der Waals surface area contributed by atoms with Gasteiger partial charge in [-0.25, -0.2) is 10.5 Å². The smallest absolute Gasteiger partial charge is 0.283 e. The van der Waals surface area contributed by atoms with Crippen LogP contribution in [-0.4, -0.2) is 54.0 Å². The summed E-state index contributed by atoms with van der Waals surface area (Å²) in [5.74, 6) is 5.71. The van der Waals surface area contributed by atoms with E-state index in [1.165, 1.54) is 31.5 Å². The molecule has 1 saturated heterocycles. The van der Waals surface area contributed by atoms with E-state index in [4.69, 9.17) is 21.8 Å². The Morgan fingerprint density at radius 1 is 1.39 bits per heavy atom. The number of rotatable bonds is 6. The van der Waals surface area contributed by atoms with Gasteiger partial charge in [0.2, 0.25) is 5.91 Å². The number of carbonyl (C=O) groups is 1. The van der Waals surface area contributed by atoms with Crippen molar-refractivity contribution in [3.8, 4) is 5.75 Å². The van der Waals surface area contributed by atoms with Crippen molar-refractivity contribution < 1.29 is 14.5 Å². The number of thiol groups is 1. The van der Waals surface area contributed by atoms with Crippen molar-refractivity contribution in [3.05, 3.63) is 34.5 Å². The van der Waals surface area contributed by atoms with Crippen molar-refractivity contribution in [1.29, 1.82) is 5.53 Å². The Bertz CT molecular complexity index is 1080. The molecule has 0 spiro atoms. The number of hydrogen-bond donors (Lipinski definition) is 5. The first-order valence-electron chi connectivity index (χ1n) is 9.18. The number of carbonyl (C=O) groups excluding carboxylic acids is 1. The summed E-state index contributed by atoms with van der Waals surface area (Å²) in [4.78, 5) is 25.3. The predicted molar refractivity (Wildman–Crippen MR) is 119 cm³/mol. The summed E-state index contributed by atoms with van der Waals surface area (Å²) >= 11 is 4.41. The van der Waals surface area contributed by atoms with Crippen molar-refractivity contribution >= 4 is 52.1 Å². The highest BCUT2D eigenvalue weighted by Gasteiger charge is 2.25. The predicted octanol–water partition coefficient (Wildman–Crippen LogP) is 2.23. The number of benzene rings is 2. The van der Waals surface area contributed by atoms with Gasteiger partial charge in [-0.05, 0) is 6.07 Å². The SMILES string of the molecule is COc1cc([N+](=O)[O-])c2c(N=N)c(N/C=C/C(=O)N3CCN(N)CC3)c(N)c(S)c2c1. The first-order chi connectivity index (χ1) is 14.8. The van der Waals surface area contributed by atoms with Gasteiger partial charge in [-0.1, -0.05) is 0 Å². The number of nitrogens with one attached hydrogen (secondary N) is 2. The third kappa shape index (κ3) is 4.38. The number of nitrogens with two attached hydrogens (primary N) is 2. The second-order valence-electron chi connectivity index (χ2n) is 6.76. The molecule has 0 atom stereocenters. The molecule has 0 radical (unpaired) electrons. The third-order valence-electron chi connectivity index (χ3n) is 4.97. The number of hydrazine groups is 1. The van der Waals surface area contributed by atoms with Crippen molar-refractivity contribution in [2.75, 3.05) is 44.3 Å².